The van der Waals surface area contributed by atoms with E-state index in [0.29, 0.717) is 13.1 Å². The summed E-state index contributed by atoms with van der Waals surface area (Å²) in [6.45, 7) is 0.689. The first-order valence-corrected chi connectivity index (χ1v) is 6.12. The van der Waals surface area contributed by atoms with Crippen LogP contribution in [0.4, 0.5) is 19.3 Å². The maximum absolute atomic E-state index is 13.2. The zero-order valence-electron chi connectivity index (χ0n) is 11.3. The minimum atomic E-state index is -1.00. The zero-order valence-corrected chi connectivity index (χ0v) is 11.3. The van der Waals surface area contributed by atoms with E-state index >= 15 is 0 Å². The molecule has 0 unspecified atom stereocenters. The summed E-state index contributed by atoms with van der Waals surface area (Å²) < 4.78 is 26.1. The van der Waals surface area contributed by atoms with Crippen LogP contribution in [0.2, 0.25) is 0 Å². The van der Waals surface area contributed by atoms with Gasteiger partial charge in [0.05, 0.1) is 0 Å². The quantitative estimate of drug-likeness (QED) is 0.839. The standard InChI is InChI=1S/C13H15F2N3O2/c1-16(2)12(19)8-17-5-6-18(13(17)20)9-3-4-10(14)11(15)7-9/h3-4,7H,5-6,8H2,1-2H3. The number of hydrogen-bond donors (Lipinski definition) is 0. The molecule has 0 N–H and O–H groups in total. The molecule has 20 heavy (non-hydrogen) atoms. The van der Waals surface area contributed by atoms with Crippen molar-refractivity contribution >= 4 is 17.6 Å². The van der Waals surface area contributed by atoms with Crippen LogP contribution in [-0.2, 0) is 4.79 Å². The number of halogens is 2. The summed E-state index contributed by atoms with van der Waals surface area (Å²) in [5.41, 5.74) is 0.286. The number of likely N-dealkylation sites (N-methyl/N-ethyl adjacent to an activating group) is 1. The molecule has 5 nitrogen and oxygen atoms in total. The van der Waals surface area contributed by atoms with Crippen molar-refractivity contribution in [3.05, 3.63) is 29.8 Å². The topological polar surface area (TPSA) is 43.9 Å². The highest BCUT2D eigenvalue weighted by Gasteiger charge is 2.31. The third kappa shape index (κ3) is 2.71. The molecule has 0 radical (unpaired) electrons. The molecule has 0 saturated carbocycles. The van der Waals surface area contributed by atoms with E-state index < -0.39 is 11.6 Å². The third-order valence-corrected chi connectivity index (χ3v) is 3.13. The zero-order chi connectivity index (χ0) is 14.9. The van der Waals surface area contributed by atoms with E-state index in [9.17, 15) is 18.4 Å². The average Bonchev–Trinajstić information content (AvgIpc) is 2.74. The minimum Gasteiger partial charge on any atom is -0.347 e. The van der Waals surface area contributed by atoms with Gasteiger partial charge >= 0.3 is 6.03 Å². The lowest BCUT2D eigenvalue weighted by molar-refractivity contribution is -0.129. The third-order valence-electron chi connectivity index (χ3n) is 3.13. The number of hydrogen-bond acceptors (Lipinski definition) is 2. The molecule has 0 bridgehead atoms. The molecule has 3 amide bonds. The Balaban J connectivity index is 2.11. The molecule has 2 rings (SSSR count). The monoisotopic (exact) mass is 283 g/mol. The maximum Gasteiger partial charge on any atom is 0.325 e. The molecule has 1 fully saturated rings. The Morgan fingerprint density at radius 1 is 1.25 bits per heavy atom. The van der Waals surface area contributed by atoms with Gasteiger partial charge in [-0.1, -0.05) is 0 Å². The molecule has 1 aliphatic rings. The van der Waals surface area contributed by atoms with Crippen LogP contribution in [0.1, 0.15) is 0 Å². The van der Waals surface area contributed by atoms with Crippen molar-refractivity contribution in [1.82, 2.24) is 9.80 Å². The minimum absolute atomic E-state index is 0.0218. The first-order valence-electron chi connectivity index (χ1n) is 6.12. The van der Waals surface area contributed by atoms with Gasteiger partial charge in [-0.05, 0) is 12.1 Å². The van der Waals surface area contributed by atoms with Gasteiger partial charge in [0.25, 0.3) is 0 Å². The Labute approximate surface area is 115 Å². The van der Waals surface area contributed by atoms with Crippen molar-refractivity contribution in [2.45, 2.75) is 0 Å². The van der Waals surface area contributed by atoms with Crippen LogP contribution >= 0.6 is 0 Å². The molecule has 108 valence electrons. The normalized spacial score (nSPS) is 14.9. The number of carbonyl (C=O) groups is 2. The lowest BCUT2D eigenvalue weighted by Crippen LogP contribution is -2.39. The molecule has 0 spiro atoms. The van der Waals surface area contributed by atoms with Crippen LogP contribution < -0.4 is 4.90 Å². The fourth-order valence-corrected chi connectivity index (χ4v) is 1.93. The Morgan fingerprint density at radius 2 is 1.95 bits per heavy atom. The first-order chi connectivity index (χ1) is 9.40. The highest BCUT2D eigenvalue weighted by molar-refractivity contribution is 5.96. The van der Waals surface area contributed by atoms with Gasteiger partial charge in [-0.2, -0.15) is 0 Å². The Bertz CT molecular complexity index is 548. The van der Waals surface area contributed by atoms with Gasteiger partial charge in [0.2, 0.25) is 5.91 Å². The van der Waals surface area contributed by atoms with E-state index in [-0.39, 0.29) is 24.2 Å². The second kappa shape index (κ2) is 5.44. The SMILES string of the molecule is CN(C)C(=O)CN1CCN(c2ccc(F)c(F)c2)C1=O. The van der Waals surface area contributed by atoms with Crippen molar-refractivity contribution in [3.8, 4) is 0 Å². The number of amides is 3. The fraction of sp³-hybridized carbons (Fsp3) is 0.385. The maximum atomic E-state index is 13.2. The molecule has 1 saturated heterocycles. The lowest BCUT2D eigenvalue weighted by Gasteiger charge is -2.20. The van der Waals surface area contributed by atoms with Crippen LogP contribution in [0.3, 0.4) is 0 Å². The van der Waals surface area contributed by atoms with Crippen LogP contribution in [-0.4, -0.2) is 55.5 Å². The summed E-state index contributed by atoms with van der Waals surface area (Å²) in [7, 11) is 3.21. The molecule has 1 heterocycles. The number of rotatable bonds is 3. The Hall–Kier alpha value is -2.18. The molecular weight excluding hydrogens is 268 g/mol. The highest BCUT2D eigenvalue weighted by atomic mass is 19.2. The van der Waals surface area contributed by atoms with Gasteiger partial charge in [-0.3, -0.25) is 9.69 Å². The Kier molecular flexibility index (Phi) is 3.87. The summed E-state index contributed by atoms with van der Waals surface area (Å²) in [5, 5.41) is 0. The predicted molar refractivity (Wildman–Crippen MR) is 69.4 cm³/mol. The summed E-state index contributed by atoms with van der Waals surface area (Å²) in [6.07, 6.45) is 0. The molecule has 0 aromatic heterocycles. The van der Waals surface area contributed by atoms with Crippen molar-refractivity contribution in [1.29, 1.82) is 0 Å². The van der Waals surface area contributed by atoms with Gasteiger partial charge in [-0.15, -0.1) is 0 Å². The van der Waals surface area contributed by atoms with Gasteiger partial charge < -0.3 is 9.80 Å². The summed E-state index contributed by atoms with van der Waals surface area (Å²) in [6, 6.07) is 2.91. The fourth-order valence-electron chi connectivity index (χ4n) is 1.93. The first kappa shape index (κ1) is 14.2. The van der Waals surface area contributed by atoms with Gasteiger partial charge in [0, 0.05) is 38.9 Å². The van der Waals surface area contributed by atoms with Crippen LogP contribution in [0, 0.1) is 11.6 Å². The molecule has 1 aromatic rings. The van der Waals surface area contributed by atoms with Gasteiger partial charge in [0.15, 0.2) is 11.6 Å². The number of benzene rings is 1. The van der Waals surface area contributed by atoms with E-state index in [0.717, 1.165) is 12.1 Å². The van der Waals surface area contributed by atoms with Crippen molar-refractivity contribution in [3.63, 3.8) is 0 Å². The summed E-state index contributed by atoms with van der Waals surface area (Å²) in [4.78, 5) is 27.8. The lowest BCUT2D eigenvalue weighted by atomic mass is 10.3. The molecule has 7 heteroatoms. The van der Waals surface area contributed by atoms with E-state index in [1.165, 1.54) is 20.8 Å². The Morgan fingerprint density at radius 3 is 2.55 bits per heavy atom. The number of nitrogens with zero attached hydrogens (tertiary/aromatic N) is 3. The average molecular weight is 283 g/mol. The van der Waals surface area contributed by atoms with E-state index in [1.54, 1.807) is 14.1 Å². The summed E-state index contributed by atoms with van der Waals surface area (Å²) >= 11 is 0. The van der Waals surface area contributed by atoms with Gasteiger partial charge in [0.1, 0.15) is 6.54 Å². The molecular formula is C13H15F2N3O2. The van der Waals surface area contributed by atoms with E-state index in [4.69, 9.17) is 0 Å². The molecule has 0 aliphatic carbocycles. The smallest absolute Gasteiger partial charge is 0.325 e. The van der Waals surface area contributed by atoms with E-state index in [1.807, 2.05) is 0 Å². The molecule has 0 atom stereocenters. The van der Waals surface area contributed by atoms with Crippen molar-refractivity contribution < 1.29 is 18.4 Å². The molecule has 1 aromatic carbocycles. The number of urea groups is 1. The van der Waals surface area contributed by atoms with E-state index in [2.05, 4.69) is 0 Å². The number of carbonyl (C=O) groups excluding carboxylic acids is 2. The molecule has 1 aliphatic heterocycles. The largest absolute Gasteiger partial charge is 0.347 e. The van der Waals surface area contributed by atoms with Crippen molar-refractivity contribution in [2.24, 2.45) is 0 Å². The highest BCUT2D eigenvalue weighted by Crippen LogP contribution is 2.22. The van der Waals surface area contributed by atoms with Crippen LogP contribution in [0.5, 0.6) is 0 Å². The number of anilines is 1. The second-order valence-electron chi connectivity index (χ2n) is 4.74. The van der Waals surface area contributed by atoms with Crippen LogP contribution in [0.15, 0.2) is 18.2 Å². The second-order valence-corrected chi connectivity index (χ2v) is 4.74. The van der Waals surface area contributed by atoms with Crippen LogP contribution in [0.25, 0.3) is 0 Å². The predicted octanol–water partition coefficient (Wildman–Crippen LogP) is 1.29. The van der Waals surface area contributed by atoms with Gasteiger partial charge in [-0.25, -0.2) is 13.6 Å². The summed E-state index contributed by atoms with van der Waals surface area (Å²) in [5.74, 6) is -2.15. The van der Waals surface area contributed by atoms with Crippen molar-refractivity contribution in [2.75, 3.05) is 38.6 Å².